The van der Waals surface area contributed by atoms with Crippen LogP contribution in [0.2, 0.25) is 0 Å². The highest BCUT2D eigenvalue weighted by Crippen LogP contribution is 2.27. The number of nitrogens with zero attached hydrogens (tertiary/aromatic N) is 1. The SMILES string of the molecule is COc1ccc(C(=O)NN=C(C)c2ccc(NC(=O)C(F)(F)F)cc2)cc1OC. The van der Waals surface area contributed by atoms with E-state index in [4.69, 9.17) is 9.47 Å². The number of rotatable bonds is 6. The molecule has 0 aromatic heterocycles. The van der Waals surface area contributed by atoms with Gasteiger partial charge in [0.1, 0.15) is 0 Å². The number of nitrogens with one attached hydrogen (secondary N) is 2. The van der Waals surface area contributed by atoms with E-state index >= 15 is 0 Å². The lowest BCUT2D eigenvalue weighted by atomic mass is 10.1. The van der Waals surface area contributed by atoms with E-state index in [-0.39, 0.29) is 5.69 Å². The highest BCUT2D eigenvalue weighted by Gasteiger charge is 2.38. The molecule has 2 aromatic carbocycles. The second-order valence-corrected chi connectivity index (χ2v) is 5.74. The van der Waals surface area contributed by atoms with Crippen molar-refractivity contribution >= 4 is 23.2 Å². The van der Waals surface area contributed by atoms with Crippen LogP contribution in [0.4, 0.5) is 18.9 Å². The summed E-state index contributed by atoms with van der Waals surface area (Å²) in [7, 11) is 2.92. The Hall–Kier alpha value is -3.56. The van der Waals surface area contributed by atoms with Crippen LogP contribution in [0, 0.1) is 0 Å². The van der Waals surface area contributed by atoms with E-state index in [2.05, 4.69) is 10.5 Å². The molecule has 2 amide bonds. The predicted octanol–water partition coefficient (Wildman–Crippen LogP) is 3.36. The molecule has 154 valence electrons. The summed E-state index contributed by atoms with van der Waals surface area (Å²) in [6.07, 6.45) is -4.97. The molecule has 7 nitrogen and oxygen atoms in total. The quantitative estimate of drug-likeness (QED) is 0.566. The van der Waals surface area contributed by atoms with E-state index in [9.17, 15) is 22.8 Å². The van der Waals surface area contributed by atoms with Crippen LogP contribution in [0.3, 0.4) is 0 Å². The zero-order valence-corrected chi connectivity index (χ0v) is 15.8. The fraction of sp³-hybridized carbons (Fsp3) is 0.211. The molecule has 0 aliphatic heterocycles. The highest BCUT2D eigenvalue weighted by atomic mass is 19.4. The zero-order valence-electron chi connectivity index (χ0n) is 15.8. The number of benzene rings is 2. The molecule has 0 unspecified atom stereocenters. The van der Waals surface area contributed by atoms with Crippen LogP contribution in [-0.4, -0.2) is 37.9 Å². The lowest BCUT2D eigenvalue weighted by Gasteiger charge is -2.09. The van der Waals surface area contributed by atoms with Gasteiger partial charge in [0, 0.05) is 11.3 Å². The first-order valence-corrected chi connectivity index (χ1v) is 8.21. The van der Waals surface area contributed by atoms with Crippen molar-refractivity contribution in [2.75, 3.05) is 19.5 Å². The highest BCUT2D eigenvalue weighted by molar-refractivity contribution is 6.01. The van der Waals surface area contributed by atoms with E-state index < -0.39 is 18.0 Å². The summed E-state index contributed by atoms with van der Waals surface area (Å²) in [5.74, 6) is -1.68. The van der Waals surface area contributed by atoms with Crippen molar-refractivity contribution in [2.45, 2.75) is 13.1 Å². The standard InChI is InChI=1S/C19H18F3N3O4/c1-11(12-4-7-14(8-5-12)23-18(27)19(20,21)22)24-25-17(26)13-6-9-15(28-2)16(10-13)29-3/h4-10H,1-3H3,(H,23,27)(H,25,26). The molecule has 0 heterocycles. The van der Waals surface area contributed by atoms with Crippen LogP contribution in [0.1, 0.15) is 22.8 Å². The summed E-state index contributed by atoms with van der Waals surface area (Å²) in [4.78, 5) is 23.2. The van der Waals surface area contributed by atoms with Crippen molar-refractivity contribution in [1.29, 1.82) is 0 Å². The first-order chi connectivity index (χ1) is 13.7. The number of carbonyl (C=O) groups excluding carboxylic acids is 2. The number of hydrogen-bond acceptors (Lipinski definition) is 5. The Kier molecular flexibility index (Phi) is 6.81. The van der Waals surface area contributed by atoms with E-state index in [1.165, 1.54) is 44.6 Å². The maximum absolute atomic E-state index is 12.3. The zero-order chi connectivity index (χ0) is 21.6. The summed E-state index contributed by atoms with van der Waals surface area (Å²) in [5, 5.41) is 5.72. The van der Waals surface area contributed by atoms with Gasteiger partial charge in [-0.2, -0.15) is 18.3 Å². The third-order valence-electron chi connectivity index (χ3n) is 3.79. The maximum Gasteiger partial charge on any atom is 0.471 e. The van der Waals surface area contributed by atoms with Gasteiger partial charge in [0.2, 0.25) is 0 Å². The second-order valence-electron chi connectivity index (χ2n) is 5.74. The molecule has 0 saturated heterocycles. The third kappa shape index (κ3) is 5.71. The molecule has 0 radical (unpaired) electrons. The molecule has 0 aliphatic rings. The summed E-state index contributed by atoms with van der Waals surface area (Å²) < 4.78 is 47.0. The molecule has 2 aromatic rings. The topological polar surface area (TPSA) is 89.0 Å². The van der Waals surface area contributed by atoms with Crippen LogP contribution < -0.4 is 20.2 Å². The van der Waals surface area contributed by atoms with Crippen LogP contribution in [0.25, 0.3) is 0 Å². The number of alkyl halides is 3. The van der Waals surface area contributed by atoms with Crippen LogP contribution in [-0.2, 0) is 4.79 Å². The molecule has 2 rings (SSSR count). The number of hydrogen-bond donors (Lipinski definition) is 2. The van der Waals surface area contributed by atoms with Gasteiger partial charge in [-0.15, -0.1) is 0 Å². The Morgan fingerprint density at radius 1 is 0.931 bits per heavy atom. The summed E-state index contributed by atoms with van der Waals surface area (Å²) in [6.45, 7) is 1.61. The molecule has 0 saturated carbocycles. The van der Waals surface area contributed by atoms with Gasteiger partial charge in [-0.05, 0) is 42.8 Å². The molecule has 0 fully saturated rings. The number of halogens is 3. The van der Waals surface area contributed by atoms with Crippen molar-refractivity contribution in [3.05, 3.63) is 53.6 Å². The average molecular weight is 409 g/mol. The molecule has 10 heteroatoms. The molecule has 0 atom stereocenters. The minimum atomic E-state index is -4.97. The van der Waals surface area contributed by atoms with Gasteiger partial charge in [-0.1, -0.05) is 12.1 Å². The Morgan fingerprint density at radius 2 is 1.52 bits per heavy atom. The first-order valence-electron chi connectivity index (χ1n) is 8.21. The Labute approximate surface area is 164 Å². The van der Waals surface area contributed by atoms with Crippen LogP contribution >= 0.6 is 0 Å². The number of carbonyl (C=O) groups is 2. The van der Waals surface area contributed by atoms with Crippen molar-refractivity contribution in [1.82, 2.24) is 5.43 Å². The number of hydrazone groups is 1. The minimum absolute atomic E-state index is 0.0155. The smallest absolute Gasteiger partial charge is 0.471 e. The van der Waals surface area contributed by atoms with Gasteiger partial charge in [-0.25, -0.2) is 5.43 Å². The molecule has 2 N–H and O–H groups in total. The normalized spacial score (nSPS) is 11.6. The molecule has 29 heavy (non-hydrogen) atoms. The minimum Gasteiger partial charge on any atom is -0.493 e. The van der Waals surface area contributed by atoms with Gasteiger partial charge < -0.3 is 14.8 Å². The van der Waals surface area contributed by atoms with Gasteiger partial charge in [0.25, 0.3) is 5.91 Å². The molecular weight excluding hydrogens is 391 g/mol. The molecular formula is C19H18F3N3O4. The molecule has 0 bridgehead atoms. The van der Waals surface area contributed by atoms with E-state index in [1.54, 1.807) is 24.4 Å². The van der Waals surface area contributed by atoms with E-state index in [0.717, 1.165) is 0 Å². The van der Waals surface area contributed by atoms with Crippen molar-refractivity contribution in [3.8, 4) is 11.5 Å². The van der Waals surface area contributed by atoms with E-state index in [1.807, 2.05) is 0 Å². The third-order valence-corrected chi connectivity index (χ3v) is 3.79. The Bertz CT molecular complexity index is 925. The first kappa shape index (κ1) is 21.7. The number of methoxy groups -OCH3 is 2. The maximum atomic E-state index is 12.3. The van der Waals surface area contributed by atoms with Crippen molar-refractivity contribution < 1.29 is 32.2 Å². The monoisotopic (exact) mass is 409 g/mol. The van der Waals surface area contributed by atoms with Gasteiger partial charge >= 0.3 is 12.1 Å². The van der Waals surface area contributed by atoms with Gasteiger partial charge in [-0.3, -0.25) is 9.59 Å². The number of ether oxygens (including phenoxy) is 2. The molecule has 0 aliphatic carbocycles. The van der Waals surface area contributed by atoms with Crippen molar-refractivity contribution in [3.63, 3.8) is 0 Å². The van der Waals surface area contributed by atoms with Crippen LogP contribution in [0.5, 0.6) is 11.5 Å². The van der Waals surface area contributed by atoms with Gasteiger partial charge in [0.05, 0.1) is 19.9 Å². The Balaban J connectivity index is 2.06. The lowest BCUT2D eigenvalue weighted by Crippen LogP contribution is -2.29. The summed E-state index contributed by atoms with van der Waals surface area (Å²) in [5.41, 5.74) is 3.62. The predicted molar refractivity (Wildman–Crippen MR) is 100 cm³/mol. The largest absolute Gasteiger partial charge is 0.493 e. The fourth-order valence-corrected chi connectivity index (χ4v) is 2.24. The molecule has 0 spiro atoms. The Morgan fingerprint density at radius 3 is 2.07 bits per heavy atom. The number of anilines is 1. The van der Waals surface area contributed by atoms with Gasteiger partial charge in [0.15, 0.2) is 11.5 Å². The summed E-state index contributed by atoms with van der Waals surface area (Å²) >= 11 is 0. The van der Waals surface area contributed by atoms with Crippen LogP contribution in [0.15, 0.2) is 47.6 Å². The van der Waals surface area contributed by atoms with Crippen molar-refractivity contribution in [2.24, 2.45) is 5.10 Å². The average Bonchev–Trinajstić information content (AvgIpc) is 2.70. The lowest BCUT2D eigenvalue weighted by molar-refractivity contribution is -0.167. The number of amides is 2. The van der Waals surface area contributed by atoms with E-state index in [0.29, 0.717) is 28.3 Å². The second kappa shape index (κ2) is 9.09. The fourth-order valence-electron chi connectivity index (χ4n) is 2.24. The summed E-state index contributed by atoms with van der Waals surface area (Å²) in [6, 6.07) is 10.2.